The van der Waals surface area contributed by atoms with Gasteiger partial charge in [-0.1, -0.05) is 0 Å². The Morgan fingerprint density at radius 1 is 1.50 bits per heavy atom. The van der Waals surface area contributed by atoms with E-state index in [1.165, 1.54) is 0 Å². The van der Waals surface area contributed by atoms with Gasteiger partial charge in [0.15, 0.2) is 0 Å². The van der Waals surface area contributed by atoms with E-state index in [1.54, 1.807) is 0 Å². The number of alkyl halides is 2. The summed E-state index contributed by atoms with van der Waals surface area (Å²) in [5, 5.41) is 28.2. The largest absolute Gasteiger partial charge is 0.508 e. The van der Waals surface area contributed by atoms with E-state index in [2.05, 4.69) is 0 Å². The third-order valence-electron chi connectivity index (χ3n) is 2.21. The SMILES string of the molecule is Cl.N[C@H](c1cc(O)ccc1[N+](=O)[O-])C(F)(F)CO. The fraction of sp³-hybridized carbons (Fsp3) is 0.333. The van der Waals surface area contributed by atoms with Gasteiger partial charge in [-0.3, -0.25) is 10.1 Å². The molecule has 1 rings (SSSR count). The molecule has 0 amide bonds. The van der Waals surface area contributed by atoms with Gasteiger partial charge in [-0.05, 0) is 12.1 Å². The molecule has 4 N–H and O–H groups in total. The van der Waals surface area contributed by atoms with Gasteiger partial charge in [-0.2, -0.15) is 0 Å². The first-order valence-corrected chi connectivity index (χ1v) is 4.51. The second kappa shape index (κ2) is 5.89. The summed E-state index contributed by atoms with van der Waals surface area (Å²) in [6.07, 6.45) is 0. The summed E-state index contributed by atoms with van der Waals surface area (Å²) >= 11 is 0. The van der Waals surface area contributed by atoms with Gasteiger partial charge in [0.25, 0.3) is 11.6 Å². The van der Waals surface area contributed by atoms with Crippen molar-refractivity contribution in [2.45, 2.75) is 12.0 Å². The normalized spacial score (nSPS) is 12.7. The first-order chi connectivity index (χ1) is 7.79. The Hall–Kier alpha value is -1.51. The lowest BCUT2D eigenvalue weighted by atomic mass is 10.00. The van der Waals surface area contributed by atoms with Crippen LogP contribution >= 0.6 is 12.4 Å². The van der Waals surface area contributed by atoms with Crippen molar-refractivity contribution in [3.63, 3.8) is 0 Å². The number of benzene rings is 1. The number of hydrogen-bond acceptors (Lipinski definition) is 5. The van der Waals surface area contributed by atoms with Gasteiger partial charge in [0, 0.05) is 6.07 Å². The van der Waals surface area contributed by atoms with Crippen LogP contribution < -0.4 is 5.73 Å². The average Bonchev–Trinajstić information content (AvgIpc) is 2.27. The van der Waals surface area contributed by atoms with Crippen molar-refractivity contribution in [1.29, 1.82) is 0 Å². The molecule has 0 spiro atoms. The number of nitro benzene ring substituents is 1. The summed E-state index contributed by atoms with van der Waals surface area (Å²) in [6, 6.07) is 0.579. The average molecular weight is 285 g/mol. The molecule has 102 valence electrons. The number of phenolic OH excluding ortho intramolecular Hbond substituents is 1. The molecule has 0 radical (unpaired) electrons. The van der Waals surface area contributed by atoms with E-state index in [1.807, 2.05) is 0 Å². The van der Waals surface area contributed by atoms with E-state index in [9.17, 15) is 18.9 Å². The smallest absolute Gasteiger partial charge is 0.289 e. The summed E-state index contributed by atoms with van der Waals surface area (Å²) in [7, 11) is 0. The van der Waals surface area contributed by atoms with Crippen molar-refractivity contribution < 1.29 is 23.9 Å². The number of halogens is 3. The first kappa shape index (κ1) is 16.5. The van der Waals surface area contributed by atoms with E-state index in [0.29, 0.717) is 0 Å². The van der Waals surface area contributed by atoms with Crippen LogP contribution in [-0.2, 0) is 0 Å². The molecular formula is C9H11ClF2N2O4. The van der Waals surface area contributed by atoms with Gasteiger partial charge in [0.05, 0.1) is 10.5 Å². The molecule has 0 saturated heterocycles. The topological polar surface area (TPSA) is 110 Å². The number of aliphatic hydroxyl groups excluding tert-OH is 1. The Balaban J connectivity index is 0.00000289. The minimum Gasteiger partial charge on any atom is -0.508 e. The highest BCUT2D eigenvalue weighted by Gasteiger charge is 2.40. The van der Waals surface area contributed by atoms with Crippen LogP contribution in [0.1, 0.15) is 11.6 Å². The van der Waals surface area contributed by atoms with Crippen LogP contribution in [0.3, 0.4) is 0 Å². The maximum absolute atomic E-state index is 13.1. The number of nitrogens with zero attached hydrogens (tertiary/aromatic N) is 1. The zero-order chi connectivity index (χ0) is 13.2. The highest BCUT2D eigenvalue weighted by Crippen LogP contribution is 2.35. The summed E-state index contributed by atoms with van der Waals surface area (Å²) in [5.41, 5.74) is 4.00. The molecule has 1 aromatic carbocycles. The molecule has 18 heavy (non-hydrogen) atoms. The lowest BCUT2D eigenvalue weighted by Crippen LogP contribution is -2.36. The highest BCUT2D eigenvalue weighted by atomic mass is 35.5. The zero-order valence-electron chi connectivity index (χ0n) is 8.92. The van der Waals surface area contributed by atoms with Crippen molar-refractivity contribution in [2.75, 3.05) is 6.61 Å². The van der Waals surface area contributed by atoms with Crippen LogP contribution in [-0.4, -0.2) is 27.7 Å². The number of nitro groups is 1. The molecule has 0 saturated carbocycles. The Morgan fingerprint density at radius 3 is 2.50 bits per heavy atom. The summed E-state index contributed by atoms with van der Waals surface area (Å²) < 4.78 is 26.3. The standard InChI is InChI=1S/C9H10F2N2O4.ClH/c10-9(11,4-14)8(12)6-3-5(15)1-2-7(6)13(16)17;/h1-3,8,14-15H,4,12H2;1H/t8-;/m1./s1. The van der Waals surface area contributed by atoms with Crippen molar-refractivity contribution in [3.05, 3.63) is 33.9 Å². The van der Waals surface area contributed by atoms with Crippen LogP contribution in [0.15, 0.2) is 18.2 Å². The number of aromatic hydroxyl groups is 1. The predicted molar refractivity (Wildman–Crippen MR) is 61.0 cm³/mol. The van der Waals surface area contributed by atoms with Crippen LogP contribution in [0, 0.1) is 10.1 Å². The molecule has 0 aliphatic carbocycles. The Kier molecular flexibility index (Phi) is 5.40. The first-order valence-electron chi connectivity index (χ1n) is 4.51. The molecule has 0 fully saturated rings. The monoisotopic (exact) mass is 284 g/mol. The lowest BCUT2D eigenvalue weighted by Gasteiger charge is -2.21. The summed E-state index contributed by atoms with van der Waals surface area (Å²) in [4.78, 5) is 9.73. The highest BCUT2D eigenvalue weighted by molar-refractivity contribution is 5.85. The molecule has 0 unspecified atom stereocenters. The van der Waals surface area contributed by atoms with Gasteiger partial charge in [-0.25, -0.2) is 8.78 Å². The Labute approximate surface area is 107 Å². The maximum Gasteiger partial charge on any atom is 0.289 e. The maximum atomic E-state index is 13.1. The third kappa shape index (κ3) is 3.25. The molecule has 1 atom stereocenters. The number of rotatable bonds is 4. The van der Waals surface area contributed by atoms with E-state index in [4.69, 9.17) is 15.9 Å². The van der Waals surface area contributed by atoms with E-state index in [0.717, 1.165) is 18.2 Å². The number of nitrogens with two attached hydrogens (primary N) is 1. The van der Waals surface area contributed by atoms with Crippen LogP contribution in [0.25, 0.3) is 0 Å². The number of phenols is 1. The Morgan fingerprint density at radius 2 is 2.06 bits per heavy atom. The lowest BCUT2D eigenvalue weighted by molar-refractivity contribution is -0.386. The fourth-order valence-electron chi connectivity index (χ4n) is 1.28. The molecule has 9 heteroatoms. The molecular weight excluding hydrogens is 274 g/mol. The number of aliphatic hydroxyl groups is 1. The second-order valence-corrected chi connectivity index (χ2v) is 3.40. The quantitative estimate of drug-likeness (QED) is 0.571. The van der Waals surface area contributed by atoms with Crippen LogP contribution in [0.5, 0.6) is 5.75 Å². The minimum atomic E-state index is -3.71. The molecule has 0 bridgehead atoms. The molecule has 0 heterocycles. The third-order valence-corrected chi connectivity index (χ3v) is 2.21. The molecule has 0 aliphatic heterocycles. The fourth-order valence-corrected chi connectivity index (χ4v) is 1.28. The van der Waals surface area contributed by atoms with Crippen molar-refractivity contribution in [1.82, 2.24) is 0 Å². The molecule has 1 aromatic rings. The number of hydrogen-bond donors (Lipinski definition) is 3. The summed E-state index contributed by atoms with van der Waals surface area (Å²) in [5.74, 6) is -4.13. The molecule has 6 nitrogen and oxygen atoms in total. The predicted octanol–water partition coefficient (Wildman–Crippen LogP) is 1.35. The van der Waals surface area contributed by atoms with Gasteiger partial charge in [-0.15, -0.1) is 12.4 Å². The van der Waals surface area contributed by atoms with Gasteiger partial charge in [0.2, 0.25) is 0 Å². The van der Waals surface area contributed by atoms with E-state index >= 15 is 0 Å². The molecule has 0 aliphatic rings. The van der Waals surface area contributed by atoms with E-state index in [-0.39, 0.29) is 12.4 Å². The van der Waals surface area contributed by atoms with Gasteiger partial charge >= 0.3 is 0 Å². The van der Waals surface area contributed by atoms with Crippen molar-refractivity contribution >= 4 is 18.1 Å². The van der Waals surface area contributed by atoms with Gasteiger partial charge in [0.1, 0.15) is 18.4 Å². The van der Waals surface area contributed by atoms with Crippen LogP contribution in [0.2, 0.25) is 0 Å². The Bertz CT molecular complexity index is 445. The van der Waals surface area contributed by atoms with Crippen molar-refractivity contribution in [2.24, 2.45) is 5.73 Å². The zero-order valence-corrected chi connectivity index (χ0v) is 9.73. The van der Waals surface area contributed by atoms with E-state index < -0.39 is 40.5 Å². The molecule has 0 aromatic heterocycles. The van der Waals surface area contributed by atoms with Gasteiger partial charge < -0.3 is 15.9 Å². The minimum absolute atomic E-state index is 0. The second-order valence-electron chi connectivity index (χ2n) is 3.40. The van der Waals surface area contributed by atoms with Crippen LogP contribution in [0.4, 0.5) is 14.5 Å². The summed E-state index contributed by atoms with van der Waals surface area (Å²) in [6.45, 7) is -1.54. The van der Waals surface area contributed by atoms with Crippen molar-refractivity contribution in [3.8, 4) is 5.75 Å².